The van der Waals surface area contributed by atoms with E-state index in [4.69, 9.17) is 10.5 Å². The van der Waals surface area contributed by atoms with Crippen LogP contribution in [0.15, 0.2) is 28.7 Å². The topological polar surface area (TPSA) is 76.7 Å². The fourth-order valence-electron chi connectivity index (χ4n) is 1.19. The molecule has 0 atom stereocenters. The van der Waals surface area contributed by atoms with E-state index in [9.17, 15) is 4.79 Å². The molecule has 0 unspecified atom stereocenters. The molecule has 0 aliphatic carbocycles. The first-order valence-electron chi connectivity index (χ1n) is 5.99. The van der Waals surface area contributed by atoms with E-state index in [1.54, 1.807) is 13.8 Å². The highest BCUT2D eigenvalue weighted by Crippen LogP contribution is 2.07. The standard InChI is InChI=1S/C13H23N3O2/c1-6-7-8-18-11(5)16-13(14)12(9(2)3)15-10(4)17/h2,6-8,14H2,1,3-5H3,(H,15,17)/b13-12+,16-11+. The Kier molecular flexibility index (Phi) is 7.51. The normalized spacial score (nSPS) is 12.8. The van der Waals surface area contributed by atoms with Gasteiger partial charge in [0.2, 0.25) is 5.91 Å². The fraction of sp³-hybridized carbons (Fsp3) is 0.538. The third kappa shape index (κ3) is 6.73. The molecule has 0 aromatic rings. The van der Waals surface area contributed by atoms with Crippen LogP contribution in [0, 0.1) is 0 Å². The second-order valence-electron chi connectivity index (χ2n) is 4.05. The first kappa shape index (κ1) is 16.2. The second kappa shape index (κ2) is 8.33. The summed E-state index contributed by atoms with van der Waals surface area (Å²) in [7, 11) is 0. The van der Waals surface area contributed by atoms with Crippen LogP contribution in [0.2, 0.25) is 0 Å². The van der Waals surface area contributed by atoms with E-state index in [1.165, 1.54) is 6.92 Å². The number of nitrogens with zero attached hydrogens (tertiary/aromatic N) is 1. The Morgan fingerprint density at radius 3 is 2.44 bits per heavy atom. The van der Waals surface area contributed by atoms with Gasteiger partial charge in [0.1, 0.15) is 0 Å². The van der Waals surface area contributed by atoms with Crippen molar-refractivity contribution in [1.82, 2.24) is 5.32 Å². The number of carbonyl (C=O) groups excluding carboxylic acids is 1. The van der Waals surface area contributed by atoms with E-state index < -0.39 is 0 Å². The predicted molar refractivity (Wildman–Crippen MR) is 73.8 cm³/mol. The molecule has 0 bridgehead atoms. The van der Waals surface area contributed by atoms with Crippen LogP contribution in [0.25, 0.3) is 0 Å². The lowest BCUT2D eigenvalue weighted by Gasteiger charge is -2.10. The number of nitrogens with two attached hydrogens (primary N) is 1. The fourth-order valence-corrected chi connectivity index (χ4v) is 1.19. The van der Waals surface area contributed by atoms with Gasteiger partial charge in [-0.15, -0.1) is 0 Å². The maximum atomic E-state index is 11.0. The number of rotatable bonds is 6. The number of hydrogen-bond donors (Lipinski definition) is 2. The second-order valence-corrected chi connectivity index (χ2v) is 4.05. The van der Waals surface area contributed by atoms with Gasteiger partial charge in [-0.3, -0.25) is 4.79 Å². The summed E-state index contributed by atoms with van der Waals surface area (Å²) in [6.07, 6.45) is 2.02. The van der Waals surface area contributed by atoms with Crippen LogP contribution < -0.4 is 11.1 Å². The van der Waals surface area contributed by atoms with Crippen LogP contribution in [0.4, 0.5) is 0 Å². The average Bonchev–Trinajstić information content (AvgIpc) is 2.25. The smallest absolute Gasteiger partial charge is 0.221 e. The highest BCUT2D eigenvalue weighted by atomic mass is 16.5. The Morgan fingerprint density at radius 2 is 2.00 bits per heavy atom. The number of allylic oxidation sites excluding steroid dienone is 1. The van der Waals surface area contributed by atoms with E-state index in [-0.39, 0.29) is 11.7 Å². The zero-order valence-corrected chi connectivity index (χ0v) is 11.7. The minimum absolute atomic E-state index is 0.201. The largest absolute Gasteiger partial charge is 0.481 e. The lowest BCUT2D eigenvalue weighted by Crippen LogP contribution is -2.23. The van der Waals surface area contributed by atoms with Gasteiger partial charge in [-0.25, -0.2) is 0 Å². The van der Waals surface area contributed by atoms with Crippen molar-refractivity contribution in [3.05, 3.63) is 23.7 Å². The molecule has 0 fully saturated rings. The van der Waals surface area contributed by atoms with E-state index in [0.29, 0.717) is 23.8 Å². The maximum Gasteiger partial charge on any atom is 0.221 e. The Morgan fingerprint density at radius 1 is 1.39 bits per heavy atom. The molecule has 0 spiro atoms. The van der Waals surface area contributed by atoms with Gasteiger partial charge in [0.05, 0.1) is 12.3 Å². The molecule has 0 rings (SSSR count). The van der Waals surface area contributed by atoms with Gasteiger partial charge < -0.3 is 15.8 Å². The molecule has 0 aliphatic heterocycles. The van der Waals surface area contributed by atoms with Crippen molar-refractivity contribution in [3.63, 3.8) is 0 Å². The molecule has 0 aromatic carbocycles. The number of ether oxygens (including phenoxy) is 1. The van der Waals surface area contributed by atoms with Crippen molar-refractivity contribution in [2.24, 2.45) is 10.7 Å². The monoisotopic (exact) mass is 253 g/mol. The Bertz CT molecular complexity index is 370. The number of hydrogen-bond acceptors (Lipinski definition) is 4. The average molecular weight is 253 g/mol. The molecule has 1 amide bonds. The summed E-state index contributed by atoms with van der Waals surface area (Å²) in [6, 6.07) is 0. The molecule has 5 nitrogen and oxygen atoms in total. The number of unbranched alkanes of at least 4 members (excludes halogenated alkanes) is 1. The summed E-state index contributed by atoms with van der Waals surface area (Å²) in [5.41, 5.74) is 6.89. The van der Waals surface area contributed by atoms with Crippen molar-refractivity contribution in [1.29, 1.82) is 0 Å². The molecule has 18 heavy (non-hydrogen) atoms. The quantitative estimate of drug-likeness (QED) is 0.329. The van der Waals surface area contributed by atoms with Gasteiger partial charge in [0, 0.05) is 13.8 Å². The Labute approximate surface area is 109 Å². The van der Waals surface area contributed by atoms with Crippen LogP contribution in [0.5, 0.6) is 0 Å². The molecule has 0 saturated carbocycles. The van der Waals surface area contributed by atoms with Gasteiger partial charge in [0.15, 0.2) is 11.7 Å². The highest BCUT2D eigenvalue weighted by molar-refractivity contribution is 5.77. The number of nitrogens with one attached hydrogen (secondary N) is 1. The van der Waals surface area contributed by atoms with E-state index >= 15 is 0 Å². The number of aliphatic imine (C=N–C) groups is 1. The third-order valence-electron chi connectivity index (χ3n) is 2.07. The first-order chi connectivity index (χ1) is 8.38. The van der Waals surface area contributed by atoms with Gasteiger partial charge in [-0.1, -0.05) is 19.9 Å². The molecule has 5 heteroatoms. The molecular weight excluding hydrogens is 230 g/mol. The summed E-state index contributed by atoms with van der Waals surface area (Å²) in [5, 5.41) is 2.61. The van der Waals surface area contributed by atoms with Crippen LogP contribution in [0.1, 0.15) is 40.5 Å². The summed E-state index contributed by atoms with van der Waals surface area (Å²) in [6.45, 7) is 11.3. The molecule has 0 aromatic heterocycles. The van der Waals surface area contributed by atoms with Crippen molar-refractivity contribution in [2.45, 2.75) is 40.5 Å². The van der Waals surface area contributed by atoms with E-state index in [2.05, 4.69) is 23.8 Å². The Balaban J connectivity index is 4.81. The zero-order chi connectivity index (χ0) is 14.1. The van der Waals surface area contributed by atoms with E-state index in [1.807, 2.05) is 0 Å². The lowest BCUT2D eigenvalue weighted by molar-refractivity contribution is -0.118. The molecule has 3 N–H and O–H groups in total. The summed E-state index contributed by atoms with van der Waals surface area (Å²) < 4.78 is 5.38. The summed E-state index contributed by atoms with van der Waals surface area (Å²) in [5.74, 6) is 0.465. The third-order valence-corrected chi connectivity index (χ3v) is 2.07. The van der Waals surface area contributed by atoms with Gasteiger partial charge in [0.25, 0.3) is 0 Å². The maximum absolute atomic E-state index is 11.0. The van der Waals surface area contributed by atoms with Crippen LogP contribution in [-0.2, 0) is 9.53 Å². The molecule has 102 valence electrons. The van der Waals surface area contributed by atoms with E-state index in [0.717, 1.165) is 12.8 Å². The minimum Gasteiger partial charge on any atom is -0.481 e. The zero-order valence-electron chi connectivity index (χ0n) is 11.7. The SMILES string of the molecule is C=C(C)/C(NC(C)=O)=C(N)\N=C(/C)OCCCC. The lowest BCUT2D eigenvalue weighted by atomic mass is 10.2. The first-order valence-corrected chi connectivity index (χ1v) is 5.99. The summed E-state index contributed by atoms with van der Waals surface area (Å²) in [4.78, 5) is 15.1. The molecule has 0 aliphatic rings. The van der Waals surface area contributed by atoms with Gasteiger partial charge in [-0.05, 0) is 18.9 Å². The van der Waals surface area contributed by atoms with Crippen molar-refractivity contribution in [3.8, 4) is 0 Å². The van der Waals surface area contributed by atoms with Crippen molar-refractivity contribution >= 4 is 11.8 Å². The minimum atomic E-state index is -0.212. The van der Waals surface area contributed by atoms with Gasteiger partial charge in [-0.2, -0.15) is 4.99 Å². The van der Waals surface area contributed by atoms with Crippen LogP contribution in [-0.4, -0.2) is 18.4 Å². The number of carbonyl (C=O) groups is 1. The molecule has 0 radical (unpaired) electrons. The van der Waals surface area contributed by atoms with Crippen LogP contribution >= 0.6 is 0 Å². The van der Waals surface area contributed by atoms with Crippen molar-refractivity contribution in [2.75, 3.05) is 6.61 Å². The van der Waals surface area contributed by atoms with Crippen LogP contribution in [0.3, 0.4) is 0 Å². The molecule has 0 heterocycles. The summed E-state index contributed by atoms with van der Waals surface area (Å²) >= 11 is 0. The molecular formula is C13H23N3O2. The molecule has 0 saturated heterocycles. The predicted octanol–water partition coefficient (Wildman–Crippen LogP) is 2.06. The van der Waals surface area contributed by atoms with Crippen molar-refractivity contribution < 1.29 is 9.53 Å². The highest BCUT2D eigenvalue weighted by Gasteiger charge is 2.06. The van der Waals surface area contributed by atoms with Gasteiger partial charge >= 0.3 is 0 Å². The Hall–Kier alpha value is -1.78. The number of amides is 1.